The van der Waals surface area contributed by atoms with Crippen LogP contribution in [-0.4, -0.2) is 9.55 Å². The lowest BCUT2D eigenvalue weighted by atomic mass is 9.91. The van der Waals surface area contributed by atoms with Crippen LogP contribution in [0.15, 0.2) is 164 Å². The maximum Gasteiger partial charge on any atom is 0.0709 e. The fourth-order valence-electron chi connectivity index (χ4n) is 8.28. The Hall–Kier alpha value is -6.29. The minimum Gasteiger partial charge on any atom is -0.309 e. The number of rotatable bonds is 3. The molecule has 0 saturated heterocycles. The van der Waals surface area contributed by atoms with Gasteiger partial charge in [0.2, 0.25) is 0 Å². The molecule has 0 radical (unpaired) electrons. The average Bonchev–Trinajstić information content (AvgIpc) is 3.72. The van der Waals surface area contributed by atoms with Crippen molar-refractivity contribution in [1.29, 1.82) is 0 Å². The van der Waals surface area contributed by atoms with Crippen molar-refractivity contribution < 1.29 is 0 Å². The maximum absolute atomic E-state index is 5.00. The topological polar surface area (TPSA) is 17.8 Å². The van der Waals surface area contributed by atoms with Crippen LogP contribution in [0.25, 0.3) is 102 Å². The van der Waals surface area contributed by atoms with Crippen molar-refractivity contribution in [3.05, 3.63) is 169 Å². The molecule has 3 heteroatoms. The number of hydrogen-bond acceptors (Lipinski definition) is 2. The van der Waals surface area contributed by atoms with E-state index in [1.54, 1.807) is 0 Å². The highest BCUT2D eigenvalue weighted by atomic mass is 32.1. The quantitative estimate of drug-likeness (QED) is 0.172. The van der Waals surface area contributed by atoms with Gasteiger partial charge in [-0.05, 0) is 105 Å². The molecule has 0 aliphatic carbocycles. The van der Waals surface area contributed by atoms with Crippen LogP contribution in [-0.2, 0) is 0 Å². The fraction of sp³-hybridized carbons (Fsp3) is 0.0208. The van der Waals surface area contributed by atoms with Gasteiger partial charge in [-0.2, -0.15) is 0 Å². The van der Waals surface area contributed by atoms with E-state index in [1.807, 2.05) is 11.3 Å². The molecule has 0 unspecified atom stereocenters. The monoisotopic (exact) mass is 666 g/mol. The van der Waals surface area contributed by atoms with E-state index in [2.05, 4.69) is 175 Å². The van der Waals surface area contributed by atoms with Crippen LogP contribution < -0.4 is 0 Å². The number of para-hydroxylation sites is 1. The summed E-state index contributed by atoms with van der Waals surface area (Å²) >= 11 is 1.81. The molecule has 0 saturated carbocycles. The van der Waals surface area contributed by atoms with Crippen LogP contribution in [0.1, 0.15) is 5.56 Å². The molecule has 3 heterocycles. The predicted octanol–water partition coefficient (Wildman–Crippen LogP) is 13.6. The minimum atomic E-state index is 0.985. The van der Waals surface area contributed by atoms with Crippen molar-refractivity contribution in [2.24, 2.45) is 0 Å². The minimum absolute atomic E-state index is 0.985. The molecule has 0 aliphatic rings. The van der Waals surface area contributed by atoms with E-state index in [0.29, 0.717) is 0 Å². The molecule has 238 valence electrons. The van der Waals surface area contributed by atoms with Gasteiger partial charge in [0.25, 0.3) is 0 Å². The first kappa shape index (κ1) is 28.5. The molecule has 11 rings (SSSR count). The summed E-state index contributed by atoms with van der Waals surface area (Å²) in [4.78, 5) is 5.00. The van der Waals surface area contributed by atoms with Crippen LogP contribution >= 0.6 is 11.3 Å². The summed E-state index contributed by atoms with van der Waals surface area (Å²) in [5.41, 5.74) is 9.40. The standard InChI is InChI=1S/C48H30N2S/c1-29-17-21-46-41(23-29)39-15-6-7-16-45(39)50(46)33-19-22-47-42(26-33)43-27-44(49-28-48(43)51-47)32-10-8-9-30(24-32)31-18-20-38-36-13-3-2-11-34(36)35-12-4-5-14-37(35)40(38)25-31/h2-28H,1H3. The maximum atomic E-state index is 5.00. The third-order valence-electron chi connectivity index (χ3n) is 10.7. The van der Waals surface area contributed by atoms with Crippen molar-refractivity contribution in [3.63, 3.8) is 0 Å². The van der Waals surface area contributed by atoms with Gasteiger partial charge in [0.05, 0.1) is 21.4 Å². The molecular weight excluding hydrogens is 637 g/mol. The number of thiophene rings is 1. The Morgan fingerprint density at radius 1 is 0.412 bits per heavy atom. The third kappa shape index (κ3) is 4.32. The number of aryl methyl sites for hydroxylation is 1. The SMILES string of the molecule is Cc1ccc2c(c1)c1ccccc1n2-c1ccc2sc3cnc(-c4cccc(-c5ccc6c7ccccc7c7ccccc7c6c5)c4)cc3c2c1. The van der Waals surface area contributed by atoms with Gasteiger partial charge in [0, 0.05) is 43.7 Å². The number of fused-ring (bicyclic) bond motifs is 12. The number of hydrogen-bond donors (Lipinski definition) is 0. The molecule has 0 spiro atoms. The molecular formula is C48H30N2S. The Kier molecular flexibility index (Phi) is 6.07. The summed E-state index contributed by atoms with van der Waals surface area (Å²) in [5.74, 6) is 0. The number of aromatic nitrogens is 2. The number of benzene rings is 8. The van der Waals surface area contributed by atoms with Crippen molar-refractivity contribution in [3.8, 4) is 28.1 Å². The zero-order chi connectivity index (χ0) is 33.6. The van der Waals surface area contributed by atoms with Crippen LogP contribution in [0.2, 0.25) is 0 Å². The van der Waals surface area contributed by atoms with E-state index in [0.717, 1.165) is 11.3 Å². The molecule has 0 atom stereocenters. The summed E-state index contributed by atoms with van der Waals surface area (Å²) < 4.78 is 4.89. The van der Waals surface area contributed by atoms with Crippen molar-refractivity contribution in [1.82, 2.24) is 9.55 Å². The predicted molar refractivity (Wildman–Crippen MR) is 220 cm³/mol. The molecule has 2 nitrogen and oxygen atoms in total. The van der Waals surface area contributed by atoms with E-state index in [-0.39, 0.29) is 0 Å². The van der Waals surface area contributed by atoms with Gasteiger partial charge < -0.3 is 4.57 Å². The second kappa shape index (κ2) is 10.9. The van der Waals surface area contributed by atoms with Gasteiger partial charge in [-0.1, -0.05) is 109 Å². The van der Waals surface area contributed by atoms with E-state index in [1.165, 1.54) is 96.7 Å². The molecule has 0 fully saturated rings. The molecule has 8 aromatic carbocycles. The van der Waals surface area contributed by atoms with E-state index >= 15 is 0 Å². The molecule has 0 N–H and O–H groups in total. The normalized spacial score (nSPS) is 12.0. The highest BCUT2D eigenvalue weighted by Gasteiger charge is 2.15. The summed E-state index contributed by atoms with van der Waals surface area (Å²) in [7, 11) is 0. The molecule has 0 aliphatic heterocycles. The first-order chi connectivity index (χ1) is 25.2. The smallest absolute Gasteiger partial charge is 0.0709 e. The Morgan fingerprint density at radius 3 is 1.86 bits per heavy atom. The average molecular weight is 667 g/mol. The van der Waals surface area contributed by atoms with Crippen LogP contribution in [0, 0.1) is 6.92 Å². The summed E-state index contributed by atoms with van der Waals surface area (Å²) in [5, 5.41) is 12.8. The summed E-state index contributed by atoms with van der Waals surface area (Å²) in [6.07, 6.45) is 2.05. The Morgan fingerprint density at radius 2 is 1.06 bits per heavy atom. The van der Waals surface area contributed by atoms with E-state index < -0.39 is 0 Å². The molecule has 51 heavy (non-hydrogen) atoms. The number of pyridine rings is 1. The van der Waals surface area contributed by atoms with Crippen LogP contribution in [0.5, 0.6) is 0 Å². The van der Waals surface area contributed by atoms with E-state index in [9.17, 15) is 0 Å². The van der Waals surface area contributed by atoms with E-state index in [4.69, 9.17) is 4.98 Å². The van der Waals surface area contributed by atoms with Gasteiger partial charge in [-0.25, -0.2) is 0 Å². The number of nitrogens with zero attached hydrogens (tertiary/aromatic N) is 2. The highest BCUT2D eigenvalue weighted by molar-refractivity contribution is 7.25. The second-order valence-corrected chi connectivity index (χ2v) is 14.7. The van der Waals surface area contributed by atoms with Crippen LogP contribution in [0.4, 0.5) is 0 Å². The molecule has 0 bridgehead atoms. The van der Waals surface area contributed by atoms with Crippen molar-refractivity contribution in [2.75, 3.05) is 0 Å². The van der Waals surface area contributed by atoms with Gasteiger partial charge >= 0.3 is 0 Å². The van der Waals surface area contributed by atoms with Crippen LogP contribution in [0.3, 0.4) is 0 Å². The van der Waals surface area contributed by atoms with Crippen molar-refractivity contribution in [2.45, 2.75) is 6.92 Å². The highest BCUT2D eigenvalue weighted by Crippen LogP contribution is 2.40. The zero-order valence-corrected chi connectivity index (χ0v) is 28.7. The molecule has 0 amide bonds. The first-order valence-electron chi connectivity index (χ1n) is 17.4. The Bertz CT molecular complexity index is 3180. The Labute approximate surface area is 298 Å². The van der Waals surface area contributed by atoms with Gasteiger partial charge in [-0.3, -0.25) is 4.98 Å². The summed E-state index contributed by atoms with van der Waals surface area (Å²) in [6.45, 7) is 2.17. The second-order valence-electron chi connectivity index (χ2n) is 13.7. The summed E-state index contributed by atoms with van der Waals surface area (Å²) in [6, 6.07) is 58.0. The Balaban J connectivity index is 1.05. The first-order valence-corrected chi connectivity index (χ1v) is 18.3. The third-order valence-corrected chi connectivity index (χ3v) is 11.8. The lowest BCUT2D eigenvalue weighted by Crippen LogP contribution is -1.93. The van der Waals surface area contributed by atoms with Crippen molar-refractivity contribution >= 4 is 85.6 Å². The fourth-order valence-corrected chi connectivity index (χ4v) is 9.31. The van der Waals surface area contributed by atoms with Gasteiger partial charge in [0.15, 0.2) is 0 Å². The van der Waals surface area contributed by atoms with Gasteiger partial charge in [-0.15, -0.1) is 11.3 Å². The largest absolute Gasteiger partial charge is 0.309 e. The molecule has 3 aromatic heterocycles. The van der Waals surface area contributed by atoms with Gasteiger partial charge in [0.1, 0.15) is 0 Å². The lowest BCUT2D eigenvalue weighted by molar-refractivity contribution is 1.19. The molecule has 11 aromatic rings. The lowest BCUT2D eigenvalue weighted by Gasteiger charge is -2.12. The zero-order valence-electron chi connectivity index (χ0n) is 27.9.